The summed E-state index contributed by atoms with van der Waals surface area (Å²) in [6.45, 7) is 2.10. The number of aliphatic imine (C=N–C) groups is 1. The molecule has 0 unspecified atom stereocenters. The predicted molar refractivity (Wildman–Crippen MR) is 140 cm³/mol. The first-order chi connectivity index (χ1) is 17.5. The van der Waals surface area contributed by atoms with Gasteiger partial charge in [0.15, 0.2) is 5.58 Å². The van der Waals surface area contributed by atoms with Crippen molar-refractivity contribution in [2.75, 3.05) is 0 Å². The molecule has 0 amide bonds. The molecule has 7 heteroatoms. The Morgan fingerprint density at radius 3 is 2.47 bits per heavy atom. The minimum atomic E-state index is -0.584. The first-order valence-electron chi connectivity index (χ1n) is 11.6. The summed E-state index contributed by atoms with van der Waals surface area (Å²) in [7, 11) is 0. The Balaban J connectivity index is 1.40. The van der Waals surface area contributed by atoms with Crippen LogP contribution in [0.1, 0.15) is 29.2 Å². The van der Waals surface area contributed by atoms with Crippen LogP contribution in [-0.2, 0) is 12.8 Å². The van der Waals surface area contributed by atoms with Gasteiger partial charge in [0.2, 0.25) is 11.6 Å². The summed E-state index contributed by atoms with van der Waals surface area (Å²) in [5.41, 5.74) is 5.85. The molecule has 5 aromatic rings. The number of hydrogen-bond donors (Lipinski definition) is 1. The first-order valence-corrected chi connectivity index (χ1v) is 11.6. The summed E-state index contributed by atoms with van der Waals surface area (Å²) in [5, 5.41) is 22.0. The molecule has 0 saturated carbocycles. The molecule has 0 aliphatic rings. The van der Waals surface area contributed by atoms with Crippen LogP contribution in [0.3, 0.4) is 0 Å². The fourth-order valence-corrected chi connectivity index (χ4v) is 4.02. The van der Waals surface area contributed by atoms with E-state index in [0.717, 1.165) is 28.6 Å². The van der Waals surface area contributed by atoms with Crippen LogP contribution >= 0.6 is 0 Å². The Hall–Kier alpha value is -4.78. The molecule has 1 heterocycles. The molecule has 0 atom stereocenters. The number of phenols is 1. The van der Waals surface area contributed by atoms with Crippen LogP contribution in [0.5, 0.6) is 5.75 Å². The fourth-order valence-electron chi connectivity index (χ4n) is 4.02. The van der Waals surface area contributed by atoms with E-state index < -0.39 is 10.7 Å². The van der Waals surface area contributed by atoms with Crippen LogP contribution in [0.15, 0.2) is 94.3 Å². The van der Waals surface area contributed by atoms with E-state index in [1.807, 2.05) is 60.7 Å². The Bertz CT molecular complexity index is 1570. The van der Waals surface area contributed by atoms with Crippen molar-refractivity contribution >= 4 is 28.7 Å². The number of nitro benzene ring substituents is 1. The van der Waals surface area contributed by atoms with Crippen LogP contribution in [-0.4, -0.2) is 21.2 Å². The smallest absolute Gasteiger partial charge is 0.311 e. The molecule has 0 aliphatic heterocycles. The molecule has 0 fully saturated rings. The van der Waals surface area contributed by atoms with Gasteiger partial charge < -0.3 is 9.52 Å². The van der Waals surface area contributed by atoms with Gasteiger partial charge in [-0.2, -0.15) is 0 Å². The summed E-state index contributed by atoms with van der Waals surface area (Å²) in [6, 6.07) is 26.1. The Morgan fingerprint density at radius 1 is 0.972 bits per heavy atom. The number of nitrogens with zero attached hydrogens (tertiary/aromatic N) is 3. The molecule has 178 valence electrons. The van der Waals surface area contributed by atoms with Gasteiger partial charge in [-0.15, -0.1) is 0 Å². The quantitative estimate of drug-likeness (QED) is 0.154. The third-order valence-corrected chi connectivity index (χ3v) is 5.95. The van der Waals surface area contributed by atoms with Crippen LogP contribution in [0.25, 0.3) is 22.6 Å². The highest BCUT2D eigenvalue weighted by atomic mass is 16.6. The molecule has 1 N–H and O–H groups in total. The number of hydrogen-bond acceptors (Lipinski definition) is 6. The van der Waals surface area contributed by atoms with Crippen LogP contribution in [0.2, 0.25) is 0 Å². The SMILES string of the molecule is CCc1ccc2oc(-c3ccc(N=Cc4cc(Cc5ccccc5)cc([N+](=O)[O-])c4O)cc3)nc2c1. The van der Waals surface area contributed by atoms with Crippen molar-refractivity contribution in [3.05, 3.63) is 117 Å². The monoisotopic (exact) mass is 477 g/mol. The van der Waals surface area contributed by atoms with Gasteiger partial charge in [0.1, 0.15) is 5.52 Å². The lowest BCUT2D eigenvalue weighted by Gasteiger charge is -2.06. The molecule has 0 bridgehead atoms. The number of rotatable bonds is 7. The average Bonchev–Trinajstić information content (AvgIpc) is 3.33. The zero-order valence-electron chi connectivity index (χ0n) is 19.6. The molecule has 7 nitrogen and oxygen atoms in total. The Kier molecular flexibility index (Phi) is 6.28. The number of aromatic nitrogens is 1. The van der Waals surface area contributed by atoms with Gasteiger partial charge in [-0.05, 0) is 72.0 Å². The van der Waals surface area contributed by atoms with Crippen molar-refractivity contribution in [3.63, 3.8) is 0 Å². The van der Waals surface area contributed by atoms with E-state index in [9.17, 15) is 15.2 Å². The normalized spacial score (nSPS) is 11.4. The van der Waals surface area contributed by atoms with E-state index in [1.165, 1.54) is 17.8 Å². The van der Waals surface area contributed by atoms with E-state index in [-0.39, 0.29) is 11.3 Å². The van der Waals surface area contributed by atoms with E-state index in [2.05, 4.69) is 16.9 Å². The van der Waals surface area contributed by atoms with Crippen LogP contribution in [0.4, 0.5) is 11.4 Å². The topological polar surface area (TPSA) is 102 Å². The van der Waals surface area contributed by atoms with Crippen molar-refractivity contribution in [2.24, 2.45) is 4.99 Å². The van der Waals surface area contributed by atoms with Gasteiger partial charge in [-0.3, -0.25) is 15.1 Å². The number of oxazole rings is 1. The van der Waals surface area contributed by atoms with Gasteiger partial charge in [0.05, 0.1) is 10.6 Å². The summed E-state index contributed by atoms with van der Waals surface area (Å²) >= 11 is 0. The predicted octanol–water partition coefficient (Wildman–Crippen LogP) is 7.01. The first kappa shape index (κ1) is 23.0. The third kappa shape index (κ3) is 4.86. The van der Waals surface area contributed by atoms with Gasteiger partial charge >= 0.3 is 5.69 Å². The molecule has 0 aliphatic carbocycles. The van der Waals surface area contributed by atoms with Crippen molar-refractivity contribution in [3.8, 4) is 17.2 Å². The zero-order valence-corrected chi connectivity index (χ0v) is 19.6. The number of aromatic hydroxyl groups is 1. The van der Waals surface area contributed by atoms with Gasteiger partial charge in [-0.25, -0.2) is 4.98 Å². The van der Waals surface area contributed by atoms with E-state index >= 15 is 0 Å². The molecule has 0 radical (unpaired) electrons. The zero-order chi connectivity index (χ0) is 25.1. The lowest BCUT2D eigenvalue weighted by Crippen LogP contribution is -1.97. The standard InChI is InChI=1S/C29H23N3O4/c1-2-19-8-13-27-25(16-19)31-29(36-27)22-9-11-24(12-10-22)30-18-23-15-21(14-20-6-4-3-5-7-20)17-26(28(23)33)32(34)35/h3-13,15-18,33H,2,14H2,1H3. The lowest BCUT2D eigenvalue weighted by molar-refractivity contribution is -0.385. The fraction of sp³-hybridized carbons (Fsp3) is 0.103. The molecule has 1 aromatic heterocycles. The Morgan fingerprint density at radius 2 is 1.75 bits per heavy atom. The lowest BCUT2D eigenvalue weighted by atomic mass is 10.0. The largest absolute Gasteiger partial charge is 0.502 e. The number of nitro groups is 1. The van der Waals surface area contributed by atoms with Crippen LogP contribution in [0, 0.1) is 10.1 Å². The van der Waals surface area contributed by atoms with Gasteiger partial charge in [0, 0.05) is 23.4 Å². The summed E-state index contributed by atoms with van der Waals surface area (Å²) < 4.78 is 5.89. The summed E-state index contributed by atoms with van der Waals surface area (Å²) in [4.78, 5) is 20.0. The minimum absolute atomic E-state index is 0.282. The maximum absolute atomic E-state index is 11.5. The highest BCUT2D eigenvalue weighted by Crippen LogP contribution is 2.32. The molecule has 5 rings (SSSR count). The van der Waals surface area contributed by atoms with Crippen molar-refractivity contribution in [2.45, 2.75) is 19.8 Å². The number of phenolic OH excluding ortho intramolecular Hbond substituents is 1. The van der Waals surface area contributed by atoms with Crippen molar-refractivity contribution in [1.29, 1.82) is 0 Å². The highest BCUT2D eigenvalue weighted by Gasteiger charge is 2.18. The Labute approximate surface area is 207 Å². The molecule has 0 spiro atoms. The maximum atomic E-state index is 11.5. The minimum Gasteiger partial charge on any atom is -0.502 e. The number of aryl methyl sites for hydroxylation is 1. The third-order valence-electron chi connectivity index (χ3n) is 5.95. The average molecular weight is 478 g/mol. The van der Waals surface area contributed by atoms with Crippen LogP contribution < -0.4 is 0 Å². The van der Waals surface area contributed by atoms with Gasteiger partial charge in [0.25, 0.3) is 0 Å². The van der Waals surface area contributed by atoms with E-state index in [0.29, 0.717) is 23.6 Å². The molecular weight excluding hydrogens is 454 g/mol. The molecule has 4 aromatic carbocycles. The van der Waals surface area contributed by atoms with E-state index in [1.54, 1.807) is 18.2 Å². The highest BCUT2D eigenvalue weighted by molar-refractivity contribution is 5.88. The summed E-state index contributed by atoms with van der Waals surface area (Å²) in [5.74, 6) is 0.116. The second-order valence-electron chi connectivity index (χ2n) is 8.45. The molecule has 0 saturated heterocycles. The number of benzene rings is 4. The van der Waals surface area contributed by atoms with Crippen molar-refractivity contribution < 1.29 is 14.4 Å². The molecule has 36 heavy (non-hydrogen) atoms. The second-order valence-corrected chi connectivity index (χ2v) is 8.45. The van der Waals surface area contributed by atoms with Gasteiger partial charge in [-0.1, -0.05) is 43.3 Å². The summed E-state index contributed by atoms with van der Waals surface area (Å²) in [6.07, 6.45) is 2.87. The molecular formula is C29H23N3O4. The van der Waals surface area contributed by atoms with Crippen molar-refractivity contribution in [1.82, 2.24) is 4.98 Å². The maximum Gasteiger partial charge on any atom is 0.311 e. The second kappa shape index (κ2) is 9.84. The van der Waals surface area contributed by atoms with E-state index in [4.69, 9.17) is 4.42 Å². The number of fused-ring (bicyclic) bond motifs is 1.